The first-order chi connectivity index (χ1) is 15.4. The third-order valence-corrected chi connectivity index (χ3v) is 6.17. The lowest BCUT2D eigenvalue weighted by molar-refractivity contribution is -0.123. The maximum atomic E-state index is 12.7. The van der Waals surface area contributed by atoms with Crippen LogP contribution in [0, 0.1) is 6.92 Å². The molecule has 9 heteroatoms. The normalized spacial score (nSPS) is 14.7. The zero-order valence-electron chi connectivity index (χ0n) is 17.7. The van der Waals surface area contributed by atoms with Gasteiger partial charge < -0.3 is 0 Å². The molecule has 0 radical (unpaired) electrons. The van der Waals surface area contributed by atoms with E-state index in [1.807, 2.05) is 37.3 Å². The molecule has 2 aromatic rings. The number of hydrogen-bond acceptors (Lipinski definition) is 6. The summed E-state index contributed by atoms with van der Waals surface area (Å²) in [5, 5.41) is 0. The third-order valence-electron chi connectivity index (χ3n) is 4.79. The molecule has 1 aromatic carbocycles. The Labute approximate surface area is 196 Å². The minimum atomic E-state index is -0.395. The highest BCUT2D eigenvalue weighted by Gasteiger charge is 2.31. The largest absolute Gasteiger partial charge is 0.293 e. The number of aryl methyl sites for hydroxylation is 1. The Hall–Kier alpha value is -3.04. The molecule has 2 heterocycles. The summed E-state index contributed by atoms with van der Waals surface area (Å²) in [4.78, 5) is 42.5. The predicted octanol–water partition coefficient (Wildman–Crippen LogP) is 3.61. The standard InChI is InChI=1S/C23H24N4O3S2/c1-16-6-8-17(9-7-16)15-19-22(30)27(23(31)32-19)14-4-2-3-5-20(28)25-26-21(29)18-10-12-24-13-11-18/h6-13,15H,2-5,14H2,1H3,(H,25,28)(H,26,29). The first kappa shape index (κ1) is 23.6. The van der Waals surface area contributed by atoms with Gasteiger partial charge in [0.15, 0.2) is 0 Å². The number of hydrogen-bond donors (Lipinski definition) is 2. The predicted molar refractivity (Wildman–Crippen MR) is 129 cm³/mol. The van der Waals surface area contributed by atoms with Crippen molar-refractivity contribution in [3.63, 3.8) is 0 Å². The van der Waals surface area contributed by atoms with E-state index in [1.165, 1.54) is 29.7 Å². The second-order valence-corrected chi connectivity index (χ2v) is 8.97. The highest BCUT2D eigenvalue weighted by atomic mass is 32.2. The quantitative estimate of drug-likeness (QED) is 0.266. The van der Waals surface area contributed by atoms with Crippen LogP contribution in [0.5, 0.6) is 0 Å². The topological polar surface area (TPSA) is 91.4 Å². The van der Waals surface area contributed by atoms with Crippen LogP contribution in [0.15, 0.2) is 53.7 Å². The Morgan fingerprint density at radius 3 is 2.50 bits per heavy atom. The SMILES string of the molecule is Cc1ccc(C=C2SC(=S)N(CCCCCC(=O)NNC(=O)c3ccncc3)C2=O)cc1. The lowest BCUT2D eigenvalue weighted by Crippen LogP contribution is -2.41. The first-order valence-corrected chi connectivity index (χ1v) is 11.5. The molecule has 3 amide bonds. The molecule has 1 saturated heterocycles. The van der Waals surface area contributed by atoms with Crippen molar-refractivity contribution in [2.75, 3.05) is 6.54 Å². The number of carbonyl (C=O) groups excluding carboxylic acids is 3. The van der Waals surface area contributed by atoms with Gasteiger partial charge in [0.1, 0.15) is 4.32 Å². The van der Waals surface area contributed by atoms with Crippen molar-refractivity contribution in [1.29, 1.82) is 0 Å². The Morgan fingerprint density at radius 2 is 1.78 bits per heavy atom. The molecule has 0 unspecified atom stereocenters. The van der Waals surface area contributed by atoms with Crippen molar-refractivity contribution in [2.45, 2.75) is 32.6 Å². The van der Waals surface area contributed by atoms with Crippen molar-refractivity contribution < 1.29 is 14.4 Å². The summed E-state index contributed by atoms with van der Waals surface area (Å²) in [5.74, 6) is -0.731. The van der Waals surface area contributed by atoms with E-state index in [2.05, 4.69) is 15.8 Å². The van der Waals surface area contributed by atoms with Gasteiger partial charge in [-0.25, -0.2) is 0 Å². The molecule has 1 aliphatic heterocycles. The molecule has 3 rings (SSSR count). The minimum Gasteiger partial charge on any atom is -0.293 e. The van der Waals surface area contributed by atoms with Gasteiger partial charge in [0.05, 0.1) is 4.91 Å². The number of amides is 3. The number of thioether (sulfide) groups is 1. The van der Waals surface area contributed by atoms with Crippen molar-refractivity contribution >= 4 is 52.1 Å². The molecule has 0 saturated carbocycles. The summed E-state index contributed by atoms with van der Waals surface area (Å²) >= 11 is 6.69. The molecule has 2 N–H and O–H groups in total. The Balaban J connectivity index is 1.36. The zero-order valence-corrected chi connectivity index (χ0v) is 19.3. The number of nitrogens with one attached hydrogen (secondary N) is 2. The number of rotatable bonds is 8. The van der Waals surface area contributed by atoms with Gasteiger partial charge in [0.25, 0.3) is 11.8 Å². The Kier molecular flexibility index (Phi) is 8.52. The highest BCUT2D eigenvalue weighted by Crippen LogP contribution is 2.32. The summed E-state index contributed by atoms with van der Waals surface area (Å²) in [6.07, 6.45) is 7.30. The molecular weight excluding hydrogens is 444 g/mol. The van der Waals surface area contributed by atoms with Crippen LogP contribution in [0.4, 0.5) is 0 Å². The maximum absolute atomic E-state index is 12.7. The van der Waals surface area contributed by atoms with Gasteiger partial charge in [-0.15, -0.1) is 0 Å². The molecular formula is C23H24N4O3S2. The monoisotopic (exact) mass is 468 g/mol. The number of carbonyl (C=O) groups is 3. The van der Waals surface area contributed by atoms with Crippen LogP contribution in [0.1, 0.15) is 47.2 Å². The smallest absolute Gasteiger partial charge is 0.269 e. The molecule has 166 valence electrons. The van der Waals surface area contributed by atoms with Crippen molar-refractivity contribution in [3.05, 3.63) is 70.4 Å². The van der Waals surface area contributed by atoms with E-state index in [0.29, 0.717) is 27.8 Å². The van der Waals surface area contributed by atoms with Crippen LogP contribution in [-0.2, 0) is 9.59 Å². The Bertz CT molecular complexity index is 1020. The number of hydrazine groups is 1. The van der Waals surface area contributed by atoms with Gasteiger partial charge in [0.2, 0.25) is 5.91 Å². The summed E-state index contributed by atoms with van der Waals surface area (Å²) in [6.45, 7) is 2.54. The molecule has 0 atom stereocenters. The minimum absolute atomic E-state index is 0.0721. The molecule has 0 aliphatic carbocycles. The van der Waals surface area contributed by atoms with E-state index < -0.39 is 5.91 Å². The van der Waals surface area contributed by atoms with Gasteiger partial charge >= 0.3 is 0 Å². The second kappa shape index (κ2) is 11.5. The van der Waals surface area contributed by atoms with Crippen molar-refractivity contribution in [2.24, 2.45) is 0 Å². The van der Waals surface area contributed by atoms with Crippen LogP contribution in [0.25, 0.3) is 6.08 Å². The fourth-order valence-corrected chi connectivity index (χ4v) is 4.31. The van der Waals surface area contributed by atoms with Crippen LogP contribution in [0.3, 0.4) is 0 Å². The van der Waals surface area contributed by atoms with Gasteiger partial charge in [-0.2, -0.15) is 0 Å². The number of benzene rings is 1. The second-order valence-electron chi connectivity index (χ2n) is 7.29. The molecule has 7 nitrogen and oxygen atoms in total. The Morgan fingerprint density at radius 1 is 1.06 bits per heavy atom. The summed E-state index contributed by atoms with van der Waals surface area (Å²) < 4.78 is 0.560. The van der Waals surface area contributed by atoms with E-state index >= 15 is 0 Å². The molecule has 0 spiro atoms. The number of aromatic nitrogens is 1. The number of thiocarbonyl (C=S) groups is 1. The third kappa shape index (κ3) is 6.73. The van der Waals surface area contributed by atoms with Gasteiger partial charge in [-0.1, -0.05) is 60.2 Å². The van der Waals surface area contributed by atoms with E-state index in [-0.39, 0.29) is 18.2 Å². The van der Waals surface area contributed by atoms with E-state index in [4.69, 9.17) is 12.2 Å². The lowest BCUT2D eigenvalue weighted by atomic mass is 10.1. The van der Waals surface area contributed by atoms with Crippen molar-refractivity contribution in [3.8, 4) is 0 Å². The van der Waals surface area contributed by atoms with Gasteiger partial charge in [-0.05, 0) is 43.5 Å². The molecule has 32 heavy (non-hydrogen) atoms. The summed E-state index contributed by atoms with van der Waals surface area (Å²) in [6, 6.07) is 11.1. The average Bonchev–Trinajstić information content (AvgIpc) is 3.06. The average molecular weight is 469 g/mol. The number of unbranched alkanes of at least 4 members (excludes halogenated alkanes) is 2. The van der Waals surface area contributed by atoms with Crippen LogP contribution in [0.2, 0.25) is 0 Å². The first-order valence-electron chi connectivity index (χ1n) is 10.3. The molecule has 1 aliphatic rings. The number of pyridine rings is 1. The van der Waals surface area contributed by atoms with Crippen LogP contribution >= 0.6 is 24.0 Å². The fourth-order valence-electron chi connectivity index (χ4n) is 3.00. The molecule has 0 bridgehead atoms. The van der Waals surface area contributed by atoms with Gasteiger partial charge in [-0.3, -0.25) is 35.1 Å². The zero-order chi connectivity index (χ0) is 22.9. The van der Waals surface area contributed by atoms with Crippen molar-refractivity contribution in [1.82, 2.24) is 20.7 Å². The van der Waals surface area contributed by atoms with E-state index in [9.17, 15) is 14.4 Å². The number of nitrogens with zero attached hydrogens (tertiary/aromatic N) is 2. The fraction of sp³-hybridized carbons (Fsp3) is 0.261. The molecule has 1 aromatic heterocycles. The summed E-state index contributed by atoms with van der Waals surface area (Å²) in [5.41, 5.74) is 7.34. The van der Waals surface area contributed by atoms with Crippen LogP contribution in [-0.4, -0.2) is 38.5 Å². The summed E-state index contributed by atoms with van der Waals surface area (Å²) in [7, 11) is 0. The lowest BCUT2D eigenvalue weighted by Gasteiger charge is -2.14. The van der Waals surface area contributed by atoms with Gasteiger partial charge in [0, 0.05) is 30.9 Å². The van der Waals surface area contributed by atoms with E-state index in [0.717, 1.165) is 18.4 Å². The molecule has 1 fully saturated rings. The van der Waals surface area contributed by atoms with Crippen LogP contribution < -0.4 is 10.9 Å². The van der Waals surface area contributed by atoms with E-state index in [1.54, 1.807) is 17.0 Å². The highest BCUT2D eigenvalue weighted by molar-refractivity contribution is 8.26. The maximum Gasteiger partial charge on any atom is 0.269 e.